The Balaban J connectivity index is 1.17. The third-order valence-electron chi connectivity index (χ3n) is 11.0. The van der Waals surface area contributed by atoms with Crippen LogP contribution in [-0.4, -0.2) is 19.1 Å². The van der Waals surface area contributed by atoms with Crippen molar-refractivity contribution in [3.63, 3.8) is 0 Å². The predicted octanol–water partition coefficient (Wildman–Crippen LogP) is 12.9. The van der Waals surface area contributed by atoms with Gasteiger partial charge in [-0.2, -0.15) is 0 Å². The van der Waals surface area contributed by atoms with Gasteiger partial charge in [0, 0.05) is 38.2 Å². The Hall–Kier alpha value is -7.04. The van der Waals surface area contributed by atoms with E-state index in [0.29, 0.717) is 5.95 Å². The highest BCUT2D eigenvalue weighted by molar-refractivity contribution is 6.22. The second-order valence-corrected chi connectivity index (χ2v) is 14.4. The Bertz CT molecular complexity index is 3270. The zero-order valence-electron chi connectivity index (χ0n) is 30.0. The summed E-state index contributed by atoms with van der Waals surface area (Å²) >= 11 is 0. The molecule has 3 heterocycles. The van der Waals surface area contributed by atoms with Crippen molar-refractivity contribution in [2.45, 2.75) is 13.8 Å². The number of aromatic nitrogens is 4. The number of rotatable bonds is 4. The minimum absolute atomic E-state index is 0.668. The van der Waals surface area contributed by atoms with Crippen LogP contribution in [0.25, 0.3) is 99.3 Å². The molecule has 4 nitrogen and oxygen atoms in total. The van der Waals surface area contributed by atoms with E-state index < -0.39 is 0 Å². The van der Waals surface area contributed by atoms with Gasteiger partial charge < -0.3 is 4.57 Å². The summed E-state index contributed by atoms with van der Waals surface area (Å²) in [5.41, 5.74) is 13.5. The molecule has 0 spiro atoms. The van der Waals surface area contributed by atoms with Gasteiger partial charge in [0.15, 0.2) is 0 Å². The zero-order chi connectivity index (χ0) is 35.9. The zero-order valence-corrected chi connectivity index (χ0v) is 30.0. The van der Waals surface area contributed by atoms with Gasteiger partial charge in [-0.3, -0.25) is 4.57 Å². The summed E-state index contributed by atoms with van der Waals surface area (Å²) in [6.07, 6.45) is 0. The maximum absolute atomic E-state index is 5.40. The third kappa shape index (κ3) is 4.63. The molecule has 0 aliphatic rings. The van der Waals surface area contributed by atoms with E-state index in [0.717, 1.165) is 38.9 Å². The first kappa shape index (κ1) is 30.6. The van der Waals surface area contributed by atoms with Crippen LogP contribution in [0.15, 0.2) is 170 Å². The Labute approximate surface area is 312 Å². The first-order chi connectivity index (χ1) is 26.6. The summed E-state index contributed by atoms with van der Waals surface area (Å²) in [6, 6.07) is 61.3. The molecule has 0 unspecified atom stereocenters. The minimum Gasteiger partial charge on any atom is -0.309 e. The van der Waals surface area contributed by atoms with E-state index in [1.807, 2.05) is 0 Å². The number of hydrogen-bond acceptors (Lipinski definition) is 2. The summed E-state index contributed by atoms with van der Waals surface area (Å²) in [6.45, 7) is 4.30. The molecular weight excluding hydrogens is 657 g/mol. The molecule has 54 heavy (non-hydrogen) atoms. The van der Waals surface area contributed by atoms with Gasteiger partial charge >= 0.3 is 0 Å². The highest BCUT2D eigenvalue weighted by Crippen LogP contribution is 2.41. The monoisotopic (exact) mass is 690 g/mol. The maximum atomic E-state index is 5.40. The van der Waals surface area contributed by atoms with Crippen molar-refractivity contribution in [1.29, 1.82) is 0 Å². The molecule has 11 aromatic rings. The summed E-state index contributed by atoms with van der Waals surface area (Å²) in [4.78, 5) is 10.6. The Morgan fingerprint density at radius 3 is 1.80 bits per heavy atom. The average Bonchev–Trinajstić information content (AvgIpc) is 3.73. The van der Waals surface area contributed by atoms with Gasteiger partial charge in [0.25, 0.3) is 0 Å². The Morgan fingerprint density at radius 2 is 1.00 bits per heavy atom. The minimum atomic E-state index is 0.668. The first-order valence-corrected chi connectivity index (χ1v) is 18.5. The van der Waals surface area contributed by atoms with Gasteiger partial charge in [0.05, 0.1) is 33.3 Å². The lowest BCUT2D eigenvalue weighted by atomic mass is 9.99. The van der Waals surface area contributed by atoms with E-state index in [1.165, 1.54) is 65.6 Å². The highest BCUT2D eigenvalue weighted by atomic mass is 15.2. The van der Waals surface area contributed by atoms with Gasteiger partial charge in [-0.1, -0.05) is 114 Å². The van der Waals surface area contributed by atoms with Gasteiger partial charge in [0.1, 0.15) is 0 Å². The Kier molecular flexibility index (Phi) is 6.65. The van der Waals surface area contributed by atoms with Crippen LogP contribution >= 0.6 is 0 Å². The Morgan fingerprint density at radius 1 is 0.389 bits per heavy atom. The van der Waals surface area contributed by atoms with Crippen molar-refractivity contribution < 1.29 is 0 Å². The normalized spacial score (nSPS) is 11.9. The van der Waals surface area contributed by atoms with Gasteiger partial charge in [-0.15, -0.1) is 0 Å². The number of nitrogens with zero attached hydrogens (tertiary/aromatic N) is 4. The van der Waals surface area contributed by atoms with E-state index >= 15 is 0 Å². The molecule has 8 aromatic carbocycles. The summed E-state index contributed by atoms with van der Waals surface area (Å²) < 4.78 is 4.63. The molecule has 0 N–H and O–H groups in total. The highest BCUT2D eigenvalue weighted by Gasteiger charge is 2.20. The molecule has 0 radical (unpaired) electrons. The van der Waals surface area contributed by atoms with Crippen LogP contribution in [0.3, 0.4) is 0 Å². The van der Waals surface area contributed by atoms with Crippen molar-refractivity contribution >= 4 is 65.3 Å². The molecule has 0 atom stereocenters. The molecule has 0 saturated carbocycles. The third-order valence-corrected chi connectivity index (χ3v) is 11.0. The number of para-hydroxylation sites is 3. The summed E-state index contributed by atoms with van der Waals surface area (Å²) in [7, 11) is 0. The topological polar surface area (TPSA) is 35.6 Å². The number of hydrogen-bond donors (Lipinski definition) is 0. The van der Waals surface area contributed by atoms with E-state index in [2.05, 4.69) is 193 Å². The molecule has 11 rings (SSSR count). The van der Waals surface area contributed by atoms with E-state index in [-0.39, 0.29) is 0 Å². The fourth-order valence-corrected chi connectivity index (χ4v) is 8.69. The fraction of sp³-hybridized carbons (Fsp3) is 0.0400. The lowest BCUT2D eigenvalue weighted by molar-refractivity contribution is 1.01. The average molecular weight is 691 g/mol. The molecule has 4 heteroatoms. The number of aryl methyl sites for hydroxylation is 2. The summed E-state index contributed by atoms with van der Waals surface area (Å²) in [5.74, 6) is 0.668. The van der Waals surface area contributed by atoms with E-state index in [1.54, 1.807) is 0 Å². The van der Waals surface area contributed by atoms with Crippen LogP contribution in [0.4, 0.5) is 0 Å². The van der Waals surface area contributed by atoms with Crippen molar-refractivity contribution in [3.05, 3.63) is 181 Å². The lowest BCUT2D eigenvalue weighted by Gasteiger charge is -2.13. The molecule has 0 saturated heterocycles. The number of fused-ring (bicyclic) bond motifs is 9. The molecule has 0 fully saturated rings. The quantitative estimate of drug-likeness (QED) is 0.184. The van der Waals surface area contributed by atoms with Gasteiger partial charge in [0.2, 0.25) is 5.95 Å². The molecule has 3 aromatic heterocycles. The fourth-order valence-electron chi connectivity index (χ4n) is 8.69. The lowest BCUT2D eigenvalue weighted by Crippen LogP contribution is -2.03. The molecule has 0 amide bonds. The predicted molar refractivity (Wildman–Crippen MR) is 226 cm³/mol. The van der Waals surface area contributed by atoms with Crippen LogP contribution in [0.5, 0.6) is 0 Å². The largest absolute Gasteiger partial charge is 0.309 e. The SMILES string of the molecule is Cc1cc(C)cc(-c2nc(-n3c4ccc(-c5ccc6c(c5)c5ccccc5n6-c5ccccc5)cc4c4c5ccccc5ccc43)nc3ccccc23)c1. The van der Waals surface area contributed by atoms with Crippen LogP contribution in [-0.2, 0) is 0 Å². The molecule has 0 aliphatic carbocycles. The molecule has 0 bridgehead atoms. The molecular formula is C50H34N4. The smallest absolute Gasteiger partial charge is 0.235 e. The number of benzene rings is 8. The van der Waals surface area contributed by atoms with Crippen molar-refractivity contribution in [2.24, 2.45) is 0 Å². The van der Waals surface area contributed by atoms with Crippen LogP contribution < -0.4 is 0 Å². The van der Waals surface area contributed by atoms with Crippen molar-refractivity contribution in [1.82, 2.24) is 19.1 Å². The second-order valence-electron chi connectivity index (χ2n) is 14.4. The van der Waals surface area contributed by atoms with E-state index in [9.17, 15) is 0 Å². The van der Waals surface area contributed by atoms with Crippen LogP contribution in [0, 0.1) is 13.8 Å². The van der Waals surface area contributed by atoms with Crippen molar-refractivity contribution in [3.8, 4) is 34.0 Å². The summed E-state index contributed by atoms with van der Waals surface area (Å²) in [5, 5.41) is 8.34. The first-order valence-electron chi connectivity index (χ1n) is 18.5. The molecule has 254 valence electrons. The van der Waals surface area contributed by atoms with Gasteiger partial charge in [-0.05, 0) is 102 Å². The van der Waals surface area contributed by atoms with Crippen LogP contribution in [0.2, 0.25) is 0 Å². The van der Waals surface area contributed by atoms with Crippen LogP contribution in [0.1, 0.15) is 11.1 Å². The maximum Gasteiger partial charge on any atom is 0.235 e. The standard InChI is InChI=1S/C50H34N4/c1-31-26-32(2)28-36(27-31)49-40-17-8-10-18-43(40)51-50(52-49)54-46-24-22-35(30-42(46)48-38-15-7-6-12-33(38)20-25-47(48)54)34-21-23-45-41(29-34)39-16-9-11-19-44(39)53(45)37-13-4-3-5-14-37/h3-30H,1-2H3. The van der Waals surface area contributed by atoms with Crippen molar-refractivity contribution in [2.75, 3.05) is 0 Å². The van der Waals surface area contributed by atoms with E-state index in [4.69, 9.17) is 9.97 Å². The molecule has 0 aliphatic heterocycles. The second kappa shape index (κ2) is 11.7. The van der Waals surface area contributed by atoms with Gasteiger partial charge in [-0.25, -0.2) is 9.97 Å².